The van der Waals surface area contributed by atoms with E-state index in [1.54, 1.807) is 42.5 Å². The minimum absolute atomic E-state index is 0.00947. The molecule has 3 aromatic rings. The Labute approximate surface area is 240 Å². The lowest BCUT2D eigenvalue weighted by atomic mass is 10.1. The monoisotopic (exact) mass is 585 g/mol. The molecule has 0 heterocycles. The molecule has 0 bridgehead atoms. The first-order valence-corrected chi connectivity index (χ1v) is 15.2. The van der Waals surface area contributed by atoms with Crippen molar-refractivity contribution in [1.82, 2.24) is 10.2 Å². The van der Waals surface area contributed by atoms with Crippen LogP contribution in [0, 0.1) is 5.82 Å². The van der Waals surface area contributed by atoms with E-state index in [0.29, 0.717) is 17.0 Å². The zero-order valence-electron chi connectivity index (χ0n) is 22.3. The molecule has 1 aliphatic rings. The Balaban J connectivity index is 1.69. The van der Waals surface area contributed by atoms with Gasteiger partial charge in [-0.2, -0.15) is 0 Å². The van der Waals surface area contributed by atoms with Crippen molar-refractivity contribution >= 4 is 39.1 Å². The van der Waals surface area contributed by atoms with Crippen LogP contribution in [0.25, 0.3) is 0 Å². The van der Waals surface area contributed by atoms with E-state index in [2.05, 4.69) is 5.32 Å². The maximum absolute atomic E-state index is 14.0. The molecule has 1 N–H and O–H groups in total. The van der Waals surface area contributed by atoms with E-state index in [1.165, 1.54) is 41.3 Å². The van der Waals surface area contributed by atoms with Gasteiger partial charge in [-0.25, -0.2) is 12.8 Å². The number of nitrogens with zero attached hydrogens (tertiary/aromatic N) is 2. The molecular formula is C30H33ClFN3O4S. The number of amides is 2. The minimum Gasteiger partial charge on any atom is -0.352 e. The van der Waals surface area contributed by atoms with Crippen LogP contribution in [-0.4, -0.2) is 43.8 Å². The number of anilines is 1. The summed E-state index contributed by atoms with van der Waals surface area (Å²) >= 11 is 6.06. The van der Waals surface area contributed by atoms with E-state index in [9.17, 15) is 22.4 Å². The summed E-state index contributed by atoms with van der Waals surface area (Å²) in [6.07, 6.45) is 4.15. The topological polar surface area (TPSA) is 86.8 Å². The smallest absolute Gasteiger partial charge is 0.264 e. The van der Waals surface area contributed by atoms with Crippen LogP contribution in [-0.2, 0) is 26.2 Å². The van der Waals surface area contributed by atoms with Crippen LogP contribution in [0.3, 0.4) is 0 Å². The average Bonchev–Trinajstić information content (AvgIpc) is 3.46. The molecule has 0 aromatic heterocycles. The molecule has 0 aliphatic heterocycles. The van der Waals surface area contributed by atoms with Crippen LogP contribution in [0.4, 0.5) is 10.1 Å². The molecule has 1 fully saturated rings. The number of benzene rings is 3. The van der Waals surface area contributed by atoms with Gasteiger partial charge in [-0.1, -0.05) is 61.7 Å². The molecule has 0 unspecified atom stereocenters. The van der Waals surface area contributed by atoms with Crippen molar-refractivity contribution in [2.24, 2.45) is 0 Å². The van der Waals surface area contributed by atoms with Crippen LogP contribution in [0.15, 0.2) is 83.8 Å². The van der Waals surface area contributed by atoms with Gasteiger partial charge in [0.1, 0.15) is 18.4 Å². The number of carbonyl (C=O) groups excluding carboxylic acids is 2. The number of halogens is 2. The Morgan fingerprint density at radius 2 is 1.60 bits per heavy atom. The quantitative estimate of drug-likeness (QED) is 0.320. The lowest BCUT2D eigenvalue weighted by Crippen LogP contribution is -2.53. The summed E-state index contributed by atoms with van der Waals surface area (Å²) in [5.41, 5.74) is 0.873. The fourth-order valence-electron chi connectivity index (χ4n) is 4.93. The molecule has 1 aliphatic carbocycles. The Kier molecular flexibility index (Phi) is 9.81. The summed E-state index contributed by atoms with van der Waals surface area (Å²) in [6.45, 7) is 1.27. The Morgan fingerprint density at radius 3 is 2.20 bits per heavy atom. The number of rotatable bonds is 11. The van der Waals surface area contributed by atoms with E-state index in [1.807, 2.05) is 6.92 Å². The Bertz CT molecular complexity index is 1400. The summed E-state index contributed by atoms with van der Waals surface area (Å²) in [5.74, 6) is -1.27. The van der Waals surface area contributed by atoms with Gasteiger partial charge < -0.3 is 10.2 Å². The predicted octanol–water partition coefficient (Wildman–Crippen LogP) is 5.54. The van der Waals surface area contributed by atoms with E-state index < -0.39 is 34.3 Å². The number of hydrogen-bond acceptors (Lipinski definition) is 4. The molecule has 7 nitrogen and oxygen atoms in total. The molecule has 212 valence electrons. The molecule has 4 rings (SSSR count). The second-order valence-electron chi connectivity index (χ2n) is 9.86. The molecule has 0 saturated heterocycles. The third-order valence-electron chi connectivity index (χ3n) is 7.08. The van der Waals surface area contributed by atoms with E-state index in [-0.39, 0.29) is 29.1 Å². The van der Waals surface area contributed by atoms with Gasteiger partial charge in [-0.15, -0.1) is 0 Å². The molecule has 2 amide bonds. The Hall–Kier alpha value is -3.43. The van der Waals surface area contributed by atoms with Gasteiger partial charge in [0.15, 0.2) is 0 Å². The van der Waals surface area contributed by atoms with Gasteiger partial charge in [-0.3, -0.25) is 13.9 Å². The first-order valence-electron chi connectivity index (χ1n) is 13.4. The highest BCUT2D eigenvalue weighted by atomic mass is 35.5. The van der Waals surface area contributed by atoms with Crippen molar-refractivity contribution in [3.8, 4) is 0 Å². The normalized spacial score (nSPS) is 14.5. The van der Waals surface area contributed by atoms with Crippen molar-refractivity contribution in [2.45, 2.75) is 62.6 Å². The van der Waals surface area contributed by atoms with Crippen molar-refractivity contribution in [2.75, 3.05) is 10.8 Å². The van der Waals surface area contributed by atoms with E-state index in [4.69, 9.17) is 11.6 Å². The average molecular weight is 586 g/mol. The van der Waals surface area contributed by atoms with Crippen LogP contribution in [0.2, 0.25) is 5.02 Å². The predicted molar refractivity (Wildman–Crippen MR) is 154 cm³/mol. The van der Waals surface area contributed by atoms with Gasteiger partial charge in [0.2, 0.25) is 11.8 Å². The highest BCUT2D eigenvalue weighted by Gasteiger charge is 2.34. The minimum atomic E-state index is -4.15. The van der Waals surface area contributed by atoms with E-state index in [0.717, 1.165) is 30.0 Å². The highest BCUT2D eigenvalue weighted by Crippen LogP contribution is 2.26. The second-order valence-corrected chi connectivity index (χ2v) is 12.2. The summed E-state index contributed by atoms with van der Waals surface area (Å²) < 4.78 is 42.2. The van der Waals surface area contributed by atoms with E-state index >= 15 is 0 Å². The van der Waals surface area contributed by atoms with Crippen LogP contribution < -0.4 is 9.62 Å². The number of nitrogens with one attached hydrogen (secondary N) is 1. The molecule has 0 radical (unpaired) electrons. The van der Waals surface area contributed by atoms with Crippen molar-refractivity contribution < 1.29 is 22.4 Å². The van der Waals surface area contributed by atoms with Gasteiger partial charge >= 0.3 is 0 Å². The first kappa shape index (κ1) is 29.6. The lowest BCUT2D eigenvalue weighted by Gasteiger charge is -2.33. The molecule has 0 spiro atoms. The first-order chi connectivity index (χ1) is 19.2. The maximum Gasteiger partial charge on any atom is 0.264 e. The molecular weight excluding hydrogens is 553 g/mol. The van der Waals surface area contributed by atoms with Crippen molar-refractivity contribution in [3.63, 3.8) is 0 Å². The second kappa shape index (κ2) is 13.3. The van der Waals surface area contributed by atoms with Gasteiger partial charge in [0, 0.05) is 17.6 Å². The third-order valence-corrected chi connectivity index (χ3v) is 9.12. The Morgan fingerprint density at radius 1 is 0.975 bits per heavy atom. The SMILES string of the molecule is CC[C@@H](C(=O)NC1CCCC1)N(Cc1ccc(F)cc1)C(=O)CN(c1ccc(Cl)cc1)S(=O)(=O)c1ccccc1. The van der Waals surface area contributed by atoms with Gasteiger partial charge in [0.05, 0.1) is 10.6 Å². The molecule has 1 saturated carbocycles. The molecule has 3 aromatic carbocycles. The van der Waals surface area contributed by atoms with Crippen LogP contribution in [0.1, 0.15) is 44.6 Å². The zero-order valence-corrected chi connectivity index (χ0v) is 23.9. The summed E-state index contributed by atoms with van der Waals surface area (Å²) in [5, 5.41) is 3.48. The zero-order chi connectivity index (χ0) is 28.7. The fourth-order valence-corrected chi connectivity index (χ4v) is 6.49. The van der Waals surface area contributed by atoms with Crippen LogP contribution >= 0.6 is 11.6 Å². The largest absolute Gasteiger partial charge is 0.352 e. The molecule has 10 heteroatoms. The maximum atomic E-state index is 14.0. The number of sulfonamides is 1. The van der Waals surface area contributed by atoms with Gasteiger partial charge in [-0.05, 0) is 73.4 Å². The van der Waals surface area contributed by atoms with Crippen molar-refractivity contribution in [1.29, 1.82) is 0 Å². The number of carbonyl (C=O) groups is 2. The molecule has 1 atom stereocenters. The summed E-state index contributed by atoms with van der Waals surface area (Å²) in [6, 6.07) is 18.9. The summed E-state index contributed by atoms with van der Waals surface area (Å²) in [7, 11) is -4.15. The third kappa shape index (κ3) is 7.20. The lowest BCUT2D eigenvalue weighted by molar-refractivity contribution is -0.140. The summed E-state index contributed by atoms with van der Waals surface area (Å²) in [4.78, 5) is 28.9. The number of hydrogen-bond donors (Lipinski definition) is 1. The standard InChI is InChI=1S/C30H33ClFN3O4S/c1-2-28(30(37)33-25-8-6-7-9-25)34(20-22-12-16-24(32)17-13-22)29(36)21-35(26-18-14-23(31)15-19-26)40(38,39)27-10-4-3-5-11-27/h3-5,10-19,25,28H,2,6-9,20-21H2,1H3,(H,33,37)/t28-/m0/s1. The highest BCUT2D eigenvalue weighted by molar-refractivity contribution is 7.92. The van der Waals surface area contributed by atoms with Crippen molar-refractivity contribution in [3.05, 3.63) is 95.3 Å². The fraction of sp³-hybridized carbons (Fsp3) is 0.333. The van der Waals surface area contributed by atoms with Crippen LogP contribution in [0.5, 0.6) is 0 Å². The van der Waals surface area contributed by atoms with Gasteiger partial charge in [0.25, 0.3) is 10.0 Å². The molecule has 40 heavy (non-hydrogen) atoms.